The Kier molecular flexibility index (Phi) is 7.79. The van der Waals surface area contributed by atoms with E-state index in [1.54, 1.807) is 26.0 Å². The number of hydrogen-bond donors (Lipinski definition) is 3. The summed E-state index contributed by atoms with van der Waals surface area (Å²) in [6.07, 6.45) is 3.86. The zero-order valence-corrected chi connectivity index (χ0v) is 24.6. The Hall–Kier alpha value is -2.13. The van der Waals surface area contributed by atoms with E-state index in [4.69, 9.17) is 33.2 Å². The lowest BCUT2D eigenvalue weighted by Gasteiger charge is -2.52. The van der Waals surface area contributed by atoms with Gasteiger partial charge in [-0.25, -0.2) is 4.98 Å². The normalized spacial score (nSPS) is 27.0. The van der Waals surface area contributed by atoms with Crippen LogP contribution in [0.1, 0.15) is 70.7 Å². The Morgan fingerprint density at radius 1 is 1.15 bits per heavy atom. The molecule has 3 N–H and O–H groups in total. The smallest absolute Gasteiger partial charge is 0.309 e. The maximum absolute atomic E-state index is 11.5. The molecule has 0 bridgehead atoms. The molecule has 2 saturated heterocycles. The Morgan fingerprint density at radius 2 is 1.87 bits per heavy atom. The van der Waals surface area contributed by atoms with Crippen LogP contribution in [-0.4, -0.2) is 63.3 Å². The molecule has 5 rings (SSSR count). The van der Waals surface area contributed by atoms with E-state index < -0.39 is 17.0 Å². The second-order valence-electron chi connectivity index (χ2n) is 12.5. The molecule has 2 atom stereocenters. The van der Waals surface area contributed by atoms with Crippen LogP contribution < -0.4 is 10.2 Å². The number of carboxylic acids is 1. The summed E-state index contributed by atoms with van der Waals surface area (Å²) in [5.74, 6) is 1.72. The molecule has 0 unspecified atom stereocenters. The molecule has 8 nitrogen and oxygen atoms in total. The lowest BCUT2D eigenvalue weighted by Crippen LogP contribution is -2.58. The standard InChI is InChI=1S/C29H39Cl2N5O3/c1-17(22-8-7-20(30)10-23(22)31)32-25-11-24(28(2,3)39)33-27(34-25)36-15-19(16-36)18-6-5-9-35(14-18)21-12-29(4,13-21)26(37)38/h7-8,10-11,17-19,21,39H,5-6,9,12-16H2,1-4H3,(H,37,38)(H,32,33,34)/t17-,18+,21?,29?/m1/s1. The van der Waals surface area contributed by atoms with Gasteiger partial charge >= 0.3 is 5.97 Å². The Balaban J connectivity index is 1.24. The fraction of sp³-hybridized carbons (Fsp3) is 0.621. The fourth-order valence-electron chi connectivity index (χ4n) is 6.26. The van der Waals surface area contributed by atoms with Crippen LogP contribution in [0.15, 0.2) is 24.3 Å². The van der Waals surface area contributed by atoms with E-state index in [-0.39, 0.29) is 6.04 Å². The summed E-state index contributed by atoms with van der Waals surface area (Å²) in [4.78, 5) is 25.8. The van der Waals surface area contributed by atoms with Crippen molar-refractivity contribution in [1.29, 1.82) is 0 Å². The SMILES string of the molecule is C[C@@H](Nc1cc(C(C)(C)O)nc(N2CC([C@H]3CCCN(C4CC(C)(C(=O)O)C4)C3)C2)n1)c1ccc(Cl)cc1Cl. The summed E-state index contributed by atoms with van der Waals surface area (Å²) in [5.41, 5.74) is -0.206. The van der Waals surface area contributed by atoms with Gasteiger partial charge in [-0.1, -0.05) is 29.3 Å². The van der Waals surface area contributed by atoms with Crippen molar-refractivity contribution in [3.63, 3.8) is 0 Å². The summed E-state index contributed by atoms with van der Waals surface area (Å²) < 4.78 is 0. The van der Waals surface area contributed by atoms with Crippen molar-refractivity contribution < 1.29 is 15.0 Å². The highest BCUT2D eigenvalue weighted by Crippen LogP contribution is 2.45. The molecule has 2 aromatic rings. The van der Waals surface area contributed by atoms with Crippen LogP contribution in [0.2, 0.25) is 10.0 Å². The molecule has 0 amide bonds. The van der Waals surface area contributed by atoms with Crippen molar-refractivity contribution in [1.82, 2.24) is 14.9 Å². The molecule has 1 aromatic carbocycles. The lowest BCUT2D eigenvalue weighted by atomic mass is 9.65. The summed E-state index contributed by atoms with van der Waals surface area (Å²) in [6, 6.07) is 7.51. The largest absolute Gasteiger partial charge is 0.481 e. The molecular formula is C29H39Cl2N5O3. The number of aliphatic carboxylic acids is 1. The Bertz CT molecular complexity index is 1220. The van der Waals surface area contributed by atoms with Crippen LogP contribution in [-0.2, 0) is 10.4 Å². The highest BCUT2D eigenvalue weighted by molar-refractivity contribution is 6.35. The molecule has 10 heteroatoms. The number of rotatable bonds is 8. The van der Waals surface area contributed by atoms with E-state index in [1.165, 1.54) is 6.42 Å². The van der Waals surface area contributed by atoms with E-state index in [9.17, 15) is 15.0 Å². The van der Waals surface area contributed by atoms with Gasteiger partial charge < -0.3 is 25.3 Å². The lowest BCUT2D eigenvalue weighted by molar-refractivity contribution is -0.158. The van der Waals surface area contributed by atoms with E-state index in [0.29, 0.717) is 45.4 Å². The molecule has 212 valence electrons. The average molecular weight is 577 g/mol. The van der Waals surface area contributed by atoms with Gasteiger partial charge in [0.1, 0.15) is 11.4 Å². The molecule has 1 aromatic heterocycles. The molecule has 3 aliphatic rings. The molecule has 1 aliphatic carbocycles. The van der Waals surface area contributed by atoms with Crippen LogP contribution in [0.3, 0.4) is 0 Å². The molecule has 2 aliphatic heterocycles. The molecule has 3 fully saturated rings. The molecular weight excluding hydrogens is 537 g/mol. The van der Waals surface area contributed by atoms with E-state index in [1.807, 2.05) is 26.0 Å². The first-order chi connectivity index (χ1) is 18.3. The van der Waals surface area contributed by atoms with E-state index in [2.05, 4.69) is 15.1 Å². The topological polar surface area (TPSA) is 102 Å². The van der Waals surface area contributed by atoms with Gasteiger partial charge in [-0.15, -0.1) is 0 Å². The quantitative estimate of drug-likeness (QED) is 0.374. The second kappa shape index (κ2) is 10.7. The maximum Gasteiger partial charge on any atom is 0.309 e. The first-order valence-corrected chi connectivity index (χ1v) is 14.6. The van der Waals surface area contributed by atoms with E-state index in [0.717, 1.165) is 51.0 Å². The Labute approximate surface area is 240 Å². The number of nitrogens with one attached hydrogen (secondary N) is 1. The van der Waals surface area contributed by atoms with Crippen molar-refractivity contribution in [2.24, 2.45) is 17.3 Å². The van der Waals surface area contributed by atoms with Crippen LogP contribution in [0, 0.1) is 17.3 Å². The van der Waals surface area contributed by atoms with Crippen LogP contribution in [0.4, 0.5) is 11.8 Å². The highest BCUT2D eigenvalue weighted by atomic mass is 35.5. The zero-order valence-electron chi connectivity index (χ0n) is 23.1. The average Bonchev–Trinajstić information content (AvgIpc) is 2.80. The van der Waals surface area contributed by atoms with Gasteiger partial charge in [-0.05, 0) is 89.5 Å². The minimum absolute atomic E-state index is 0.126. The monoisotopic (exact) mass is 575 g/mol. The van der Waals surface area contributed by atoms with Gasteiger partial charge in [0.25, 0.3) is 0 Å². The number of carboxylic acid groups (broad SMARTS) is 1. The number of anilines is 2. The molecule has 3 heterocycles. The van der Waals surface area contributed by atoms with Gasteiger partial charge in [0, 0.05) is 41.8 Å². The summed E-state index contributed by atoms with van der Waals surface area (Å²) in [6.45, 7) is 11.2. The molecule has 1 saturated carbocycles. The van der Waals surface area contributed by atoms with Crippen molar-refractivity contribution in [3.05, 3.63) is 45.6 Å². The zero-order chi connectivity index (χ0) is 28.1. The van der Waals surface area contributed by atoms with Gasteiger partial charge in [0.05, 0.1) is 17.2 Å². The molecule has 0 radical (unpaired) electrons. The van der Waals surface area contributed by atoms with Crippen molar-refractivity contribution in [3.8, 4) is 0 Å². The number of piperidine rings is 1. The number of hydrogen-bond acceptors (Lipinski definition) is 7. The van der Waals surface area contributed by atoms with Gasteiger partial charge in [-0.2, -0.15) is 4.98 Å². The second-order valence-corrected chi connectivity index (χ2v) is 13.4. The minimum atomic E-state index is -1.11. The third-order valence-electron chi connectivity index (χ3n) is 8.89. The van der Waals surface area contributed by atoms with Gasteiger partial charge in [0.15, 0.2) is 0 Å². The van der Waals surface area contributed by atoms with E-state index >= 15 is 0 Å². The van der Waals surface area contributed by atoms with Crippen LogP contribution in [0.25, 0.3) is 0 Å². The van der Waals surface area contributed by atoms with Crippen molar-refractivity contribution >= 4 is 40.9 Å². The van der Waals surface area contributed by atoms with Crippen molar-refractivity contribution in [2.45, 2.75) is 71.1 Å². The number of aromatic nitrogens is 2. The molecule has 39 heavy (non-hydrogen) atoms. The number of likely N-dealkylation sites (tertiary alicyclic amines) is 1. The number of nitrogens with zero attached hydrogens (tertiary/aromatic N) is 4. The first-order valence-electron chi connectivity index (χ1n) is 13.9. The minimum Gasteiger partial charge on any atom is -0.481 e. The van der Waals surface area contributed by atoms with Crippen LogP contribution in [0.5, 0.6) is 0 Å². The predicted octanol–water partition coefficient (Wildman–Crippen LogP) is 5.59. The van der Waals surface area contributed by atoms with Gasteiger partial charge in [0.2, 0.25) is 5.95 Å². The van der Waals surface area contributed by atoms with Crippen LogP contribution >= 0.6 is 23.2 Å². The van der Waals surface area contributed by atoms with Crippen molar-refractivity contribution in [2.75, 3.05) is 36.4 Å². The number of benzene rings is 1. The third kappa shape index (κ3) is 5.99. The first kappa shape index (κ1) is 28.4. The summed E-state index contributed by atoms with van der Waals surface area (Å²) in [7, 11) is 0. The number of halogens is 2. The fourth-order valence-corrected chi connectivity index (χ4v) is 6.83. The maximum atomic E-state index is 11.5. The van der Waals surface area contributed by atoms with Gasteiger partial charge in [-0.3, -0.25) is 4.79 Å². The number of carbonyl (C=O) groups is 1. The molecule has 0 spiro atoms. The number of aliphatic hydroxyl groups is 1. The summed E-state index contributed by atoms with van der Waals surface area (Å²) in [5, 5.41) is 24.8. The highest BCUT2D eigenvalue weighted by Gasteiger charge is 2.49. The third-order valence-corrected chi connectivity index (χ3v) is 9.45. The predicted molar refractivity (Wildman–Crippen MR) is 155 cm³/mol. The Morgan fingerprint density at radius 3 is 2.51 bits per heavy atom. The summed E-state index contributed by atoms with van der Waals surface area (Å²) >= 11 is 12.5.